The zero-order chi connectivity index (χ0) is 17.0. The summed E-state index contributed by atoms with van der Waals surface area (Å²) in [6.07, 6.45) is 0.977. The smallest absolute Gasteiger partial charge is 0.223 e. The Balaban J connectivity index is 2.11. The van der Waals surface area contributed by atoms with Crippen molar-refractivity contribution in [3.8, 4) is 0 Å². The fourth-order valence-corrected chi connectivity index (χ4v) is 3.19. The van der Waals surface area contributed by atoms with Gasteiger partial charge in [-0.2, -0.15) is 0 Å². The van der Waals surface area contributed by atoms with E-state index in [1.165, 1.54) is 0 Å². The van der Waals surface area contributed by atoms with E-state index < -0.39 is 9.84 Å². The Hall–Kier alpha value is -1.40. The van der Waals surface area contributed by atoms with Gasteiger partial charge in [-0.1, -0.05) is 44.2 Å². The highest BCUT2D eigenvalue weighted by molar-refractivity contribution is 7.90. The van der Waals surface area contributed by atoms with Crippen LogP contribution in [-0.4, -0.2) is 50.4 Å². The minimum atomic E-state index is -3.13. The van der Waals surface area contributed by atoms with Gasteiger partial charge < -0.3 is 9.64 Å². The minimum Gasteiger partial charge on any atom is -0.366 e. The molecule has 0 aromatic heterocycles. The summed E-state index contributed by atoms with van der Waals surface area (Å²) < 4.78 is 28.7. The van der Waals surface area contributed by atoms with Crippen LogP contribution in [0.4, 0.5) is 0 Å². The minimum absolute atomic E-state index is 0.0329. The number of hydrogen-bond donors (Lipinski definition) is 0. The van der Waals surface area contributed by atoms with Crippen LogP contribution in [0.1, 0.15) is 31.9 Å². The number of morpholine rings is 1. The molecule has 1 saturated heterocycles. The third-order valence-corrected chi connectivity index (χ3v) is 5.03. The maximum atomic E-state index is 12.4. The summed E-state index contributed by atoms with van der Waals surface area (Å²) in [5, 5.41) is 0. The topological polar surface area (TPSA) is 63.7 Å². The van der Waals surface area contributed by atoms with Crippen LogP contribution >= 0.6 is 0 Å². The second-order valence-corrected chi connectivity index (χ2v) is 8.76. The Morgan fingerprint density at radius 3 is 2.48 bits per heavy atom. The summed E-state index contributed by atoms with van der Waals surface area (Å²) in [6.45, 7) is 5.12. The molecule has 0 spiro atoms. The van der Waals surface area contributed by atoms with Crippen LogP contribution in [-0.2, 0) is 19.4 Å². The first-order chi connectivity index (χ1) is 10.8. The number of ether oxygens (including phenoxy) is 1. The first kappa shape index (κ1) is 17.9. The van der Waals surface area contributed by atoms with Gasteiger partial charge in [0.05, 0.1) is 18.4 Å². The molecule has 1 amide bonds. The van der Waals surface area contributed by atoms with E-state index in [4.69, 9.17) is 4.74 Å². The van der Waals surface area contributed by atoms with E-state index in [1.54, 1.807) is 4.90 Å². The van der Waals surface area contributed by atoms with E-state index in [-0.39, 0.29) is 36.2 Å². The lowest BCUT2D eigenvalue weighted by molar-refractivity contribution is -0.149. The monoisotopic (exact) mass is 339 g/mol. The van der Waals surface area contributed by atoms with Crippen LogP contribution in [0.2, 0.25) is 0 Å². The highest BCUT2D eigenvalue weighted by Gasteiger charge is 2.32. The zero-order valence-electron chi connectivity index (χ0n) is 13.9. The van der Waals surface area contributed by atoms with Crippen molar-refractivity contribution in [1.82, 2.24) is 4.90 Å². The van der Waals surface area contributed by atoms with Gasteiger partial charge in [0.15, 0.2) is 0 Å². The summed E-state index contributed by atoms with van der Waals surface area (Å²) in [7, 11) is -3.13. The molecular formula is C17H25NO4S. The Morgan fingerprint density at radius 1 is 1.26 bits per heavy atom. The molecule has 0 saturated carbocycles. The highest BCUT2D eigenvalue weighted by atomic mass is 32.2. The number of sulfone groups is 1. The lowest BCUT2D eigenvalue weighted by Gasteiger charge is -2.40. The standard InChI is InChI=1S/C17H25NO4S/c1-13(2)15-11-18(17(19)9-10-23(3,20)21)12-16(22-15)14-7-5-4-6-8-14/h4-8,13,15-16H,9-12H2,1-3H3/t15-,16+/m1/s1. The van der Waals surface area contributed by atoms with Gasteiger partial charge in [-0.05, 0) is 11.5 Å². The molecular weight excluding hydrogens is 314 g/mol. The van der Waals surface area contributed by atoms with Crippen molar-refractivity contribution >= 4 is 15.7 Å². The van der Waals surface area contributed by atoms with Crippen LogP contribution in [0, 0.1) is 5.92 Å². The molecule has 2 atom stereocenters. The number of benzene rings is 1. The zero-order valence-corrected chi connectivity index (χ0v) is 14.8. The number of hydrogen-bond acceptors (Lipinski definition) is 4. The second-order valence-electron chi connectivity index (χ2n) is 6.50. The number of carbonyl (C=O) groups excluding carboxylic acids is 1. The molecule has 23 heavy (non-hydrogen) atoms. The van der Waals surface area contributed by atoms with Crippen LogP contribution < -0.4 is 0 Å². The van der Waals surface area contributed by atoms with Gasteiger partial charge in [0.1, 0.15) is 15.9 Å². The maximum Gasteiger partial charge on any atom is 0.223 e. The molecule has 0 radical (unpaired) electrons. The Morgan fingerprint density at radius 2 is 1.91 bits per heavy atom. The van der Waals surface area contributed by atoms with E-state index in [1.807, 2.05) is 30.3 Å². The normalized spacial score (nSPS) is 22.3. The second kappa shape index (κ2) is 7.45. The molecule has 1 fully saturated rings. The van der Waals surface area contributed by atoms with E-state index in [0.29, 0.717) is 13.1 Å². The Kier molecular flexibility index (Phi) is 5.81. The third kappa shape index (κ3) is 5.32. The van der Waals surface area contributed by atoms with Crippen molar-refractivity contribution < 1.29 is 17.9 Å². The Labute approximate surface area is 138 Å². The number of amides is 1. The van der Waals surface area contributed by atoms with Crippen LogP contribution in [0.5, 0.6) is 0 Å². The average Bonchev–Trinajstić information content (AvgIpc) is 2.52. The molecule has 1 aromatic rings. The lowest BCUT2D eigenvalue weighted by Crippen LogP contribution is -2.48. The number of nitrogens with zero attached hydrogens (tertiary/aromatic N) is 1. The molecule has 1 aromatic carbocycles. The number of rotatable bonds is 5. The third-order valence-electron chi connectivity index (χ3n) is 4.08. The van der Waals surface area contributed by atoms with Crippen molar-refractivity contribution in [2.75, 3.05) is 25.1 Å². The van der Waals surface area contributed by atoms with Crippen LogP contribution in [0.25, 0.3) is 0 Å². The quantitative estimate of drug-likeness (QED) is 0.823. The van der Waals surface area contributed by atoms with Crippen molar-refractivity contribution in [3.63, 3.8) is 0 Å². The van der Waals surface area contributed by atoms with E-state index in [9.17, 15) is 13.2 Å². The summed E-state index contributed by atoms with van der Waals surface area (Å²) in [6, 6.07) is 9.83. The van der Waals surface area contributed by atoms with E-state index in [2.05, 4.69) is 13.8 Å². The van der Waals surface area contributed by atoms with Crippen molar-refractivity contribution in [2.24, 2.45) is 5.92 Å². The van der Waals surface area contributed by atoms with Crippen molar-refractivity contribution in [3.05, 3.63) is 35.9 Å². The predicted octanol–water partition coefficient (Wildman–Crippen LogP) is 2.05. The van der Waals surface area contributed by atoms with Crippen LogP contribution in [0.15, 0.2) is 30.3 Å². The molecule has 1 aliphatic heterocycles. The van der Waals surface area contributed by atoms with Gasteiger partial charge in [0.25, 0.3) is 0 Å². The van der Waals surface area contributed by atoms with Gasteiger partial charge in [0.2, 0.25) is 5.91 Å². The predicted molar refractivity (Wildman–Crippen MR) is 89.8 cm³/mol. The molecule has 2 rings (SSSR count). The van der Waals surface area contributed by atoms with E-state index in [0.717, 1.165) is 11.8 Å². The Bertz CT molecular complexity index is 627. The molecule has 0 aliphatic carbocycles. The lowest BCUT2D eigenvalue weighted by atomic mass is 10.0. The summed E-state index contributed by atoms with van der Waals surface area (Å²) in [4.78, 5) is 14.1. The largest absolute Gasteiger partial charge is 0.366 e. The van der Waals surface area contributed by atoms with Gasteiger partial charge in [-0.3, -0.25) is 4.79 Å². The fraction of sp³-hybridized carbons (Fsp3) is 0.588. The highest BCUT2D eigenvalue weighted by Crippen LogP contribution is 2.28. The van der Waals surface area contributed by atoms with Crippen molar-refractivity contribution in [1.29, 1.82) is 0 Å². The summed E-state index contributed by atoms with van der Waals surface area (Å²) in [5.74, 6) is 0.0583. The van der Waals surface area contributed by atoms with Crippen molar-refractivity contribution in [2.45, 2.75) is 32.5 Å². The molecule has 0 unspecified atom stereocenters. The van der Waals surface area contributed by atoms with Gasteiger partial charge in [-0.15, -0.1) is 0 Å². The molecule has 6 heteroatoms. The maximum absolute atomic E-state index is 12.4. The van der Waals surface area contributed by atoms with Crippen LogP contribution in [0.3, 0.4) is 0 Å². The molecule has 5 nitrogen and oxygen atoms in total. The first-order valence-electron chi connectivity index (χ1n) is 7.92. The SMILES string of the molecule is CC(C)[C@H]1CN(C(=O)CCS(C)(=O)=O)C[C@@H](c2ccccc2)O1. The fourth-order valence-electron chi connectivity index (χ4n) is 2.64. The number of carbonyl (C=O) groups is 1. The van der Waals surface area contributed by atoms with Gasteiger partial charge in [0, 0.05) is 19.2 Å². The molecule has 1 aliphatic rings. The average molecular weight is 339 g/mol. The summed E-state index contributed by atoms with van der Waals surface area (Å²) >= 11 is 0. The van der Waals surface area contributed by atoms with E-state index >= 15 is 0 Å². The molecule has 1 heterocycles. The molecule has 128 valence electrons. The molecule has 0 N–H and O–H groups in total. The van der Waals surface area contributed by atoms with Gasteiger partial charge >= 0.3 is 0 Å². The van der Waals surface area contributed by atoms with Gasteiger partial charge in [-0.25, -0.2) is 8.42 Å². The summed E-state index contributed by atoms with van der Waals surface area (Å²) in [5.41, 5.74) is 1.04. The first-order valence-corrected chi connectivity index (χ1v) is 9.98. The molecule has 0 bridgehead atoms.